The Labute approximate surface area is 143 Å². The van der Waals surface area contributed by atoms with Gasteiger partial charge in [0, 0.05) is 16.8 Å². The van der Waals surface area contributed by atoms with Crippen LogP contribution in [0.2, 0.25) is 5.02 Å². The number of hydrogen-bond donors (Lipinski definition) is 2. The quantitative estimate of drug-likeness (QED) is 0.659. The molecule has 2 rings (SSSR count). The number of benzene rings is 2. The first kappa shape index (κ1) is 16.8. The number of phenolic OH excluding ortho intramolecular Hbond substituents is 2. The number of hydrogen-bond acceptors (Lipinski definition) is 3. The van der Waals surface area contributed by atoms with E-state index in [1.807, 2.05) is 12.1 Å². The summed E-state index contributed by atoms with van der Waals surface area (Å²) in [4.78, 5) is 4.28. The van der Waals surface area contributed by atoms with Crippen LogP contribution in [-0.4, -0.2) is 16.4 Å². The van der Waals surface area contributed by atoms with Gasteiger partial charge in [-0.2, -0.15) is 0 Å². The van der Waals surface area contributed by atoms with E-state index in [0.717, 1.165) is 12.0 Å². The monoisotopic (exact) mass is 381 g/mol. The average Bonchev–Trinajstić information content (AvgIpc) is 2.50. The summed E-state index contributed by atoms with van der Waals surface area (Å²) in [6, 6.07) is 8.62. The Hall–Kier alpha value is -1.52. The lowest BCUT2D eigenvalue weighted by Gasteiger charge is -2.10. The van der Waals surface area contributed by atoms with Gasteiger partial charge in [-0.25, -0.2) is 0 Å². The molecule has 1 atom stereocenters. The first-order chi connectivity index (χ1) is 10.4. The standard InChI is InChI=1S/C17H17BrClNO2/c1-3-10(2)11-4-5-16(21)15(7-11)20-9-12-6-13(19)8-14(18)17(12)22/h4-10,21-22H,3H2,1-2H3/t10-/m1/s1. The van der Waals surface area contributed by atoms with Gasteiger partial charge in [-0.15, -0.1) is 0 Å². The molecule has 5 heteroatoms. The van der Waals surface area contributed by atoms with Gasteiger partial charge in [-0.1, -0.05) is 31.5 Å². The number of aliphatic imine (C=N–C) groups is 1. The van der Waals surface area contributed by atoms with Crippen molar-refractivity contribution in [2.75, 3.05) is 0 Å². The van der Waals surface area contributed by atoms with Crippen LogP contribution in [0.5, 0.6) is 11.5 Å². The van der Waals surface area contributed by atoms with Crippen molar-refractivity contribution >= 4 is 39.4 Å². The van der Waals surface area contributed by atoms with E-state index in [1.54, 1.807) is 18.2 Å². The molecule has 0 heterocycles. The molecule has 22 heavy (non-hydrogen) atoms. The largest absolute Gasteiger partial charge is 0.506 e. The molecular formula is C17H17BrClNO2. The van der Waals surface area contributed by atoms with Crippen LogP contribution in [0.15, 0.2) is 39.8 Å². The summed E-state index contributed by atoms with van der Waals surface area (Å²) in [5, 5.41) is 20.4. The Balaban J connectivity index is 2.38. The summed E-state index contributed by atoms with van der Waals surface area (Å²) in [6.07, 6.45) is 2.50. The molecule has 3 nitrogen and oxygen atoms in total. The van der Waals surface area contributed by atoms with Gasteiger partial charge in [-0.3, -0.25) is 4.99 Å². The minimum atomic E-state index is 0.0609. The highest BCUT2D eigenvalue weighted by Gasteiger charge is 2.08. The van der Waals surface area contributed by atoms with Crippen LogP contribution in [0.1, 0.15) is 37.3 Å². The van der Waals surface area contributed by atoms with Crippen molar-refractivity contribution in [3.63, 3.8) is 0 Å². The molecule has 0 saturated carbocycles. The highest BCUT2D eigenvalue weighted by atomic mass is 79.9. The second-order valence-electron chi connectivity index (χ2n) is 5.14. The van der Waals surface area contributed by atoms with Crippen LogP contribution in [-0.2, 0) is 0 Å². The van der Waals surface area contributed by atoms with E-state index in [-0.39, 0.29) is 11.5 Å². The van der Waals surface area contributed by atoms with Crippen LogP contribution in [0, 0.1) is 0 Å². The highest BCUT2D eigenvalue weighted by Crippen LogP contribution is 2.33. The van der Waals surface area contributed by atoms with E-state index < -0.39 is 0 Å². The van der Waals surface area contributed by atoms with Crippen molar-refractivity contribution in [3.05, 3.63) is 51.0 Å². The first-order valence-electron chi connectivity index (χ1n) is 6.97. The van der Waals surface area contributed by atoms with E-state index in [9.17, 15) is 10.2 Å². The lowest BCUT2D eigenvalue weighted by atomic mass is 9.98. The van der Waals surface area contributed by atoms with Crippen LogP contribution < -0.4 is 0 Å². The molecule has 116 valence electrons. The fourth-order valence-corrected chi connectivity index (χ4v) is 2.84. The molecule has 0 radical (unpaired) electrons. The topological polar surface area (TPSA) is 52.8 Å². The molecule has 0 aromatic heterocycles. The molecule has 0 aliphatic heterocycles. The number of rotatable bonds is 4. The molecule has 0 fully saturated rings. The van der Waals surface area contributed by atoms with Crippen LogP contribution >= 0.6 is 27.5 Å². The third-order valence-corrected chi connectivity index (χ3v) is 4.40. The number of nitrogens with zero attached hydrogens (tertiary/aromatic N) is 1. The number of halogens is 2. The second kappa shape index (κ2) is 7.16. The van der Waals surface area contributed by atoms with Crippen molar-refractivity contribution in [2.24, 2.45) is 4.99 Å². The van der Waals surface area contributed by atoms with Crippen molar-refractivity contribution < 1.29 is 10.2 Å². The Kier molecular flexibility index (Phi) is 5.48. The fraction of sp³-hybridized carbons (Fsp3) is 0.235. The van der Waals surface area contributed by atoms with E-state index in [0.29, 0.717) is 26.7 Å². The van der Waals surface area contributed by atoms with Crippen molar-refractivity contribution in [2.45, 2.75) is 26.2 Å². The van der Waals surface area contributed by atoms with Crippen LogP contribution in [0.3, 0.4) is 0 Å². The Morgan fingerprint density at radius 1 is 1.27 bits per heavy atom. The summed E-state index contributed by atoms with van der Waals surface area (Å²) in [5.41, 5.74) is 2.06. The molecular weight excluding hydrogens is 366 g/mol. The van der Waals surface area contributed by atoms with Crippen molar-refractivity contribution in [1.29, 1.82) is 0 Å². The second-order valence-corrected chi connectivity index (χ2v) is 6.43. The van der Waals surface area contributed by atoms with Gasteiger partial charge in [0.1, 0.15) is 17.2 Å². The third-order valence-electron chi connectivity index (χ3n) is 3.58. The Morgan fingerprint density at radius 3 is 2.68 bits per heavy atom. The van der Waals surface area contributed by atoms with Crippen molar-refractivity contribution in [3.8, 4) is 11.5 Å². The zero-order chi connectivity index (χ0) is 16.3. The average molecular weight is 383 g/mol. The predicted octanol–water partition coefficient (Wildman–Crippen LogP) is 5.78. The summed E-state index contributed by atoms with van der Waals surface area (Å²) in [5.74, 6) is 0.554. The van der Waals surface area contributed by atoms with Gasteiger partial charge in [0.25, 0.3) is 0 Å². The van der Waals surface area contributed by atoms with Gasteiger partial charge in [0.15, 0.2) is 0 Å². The molecule has 0 amide bonds. The highest BCUT2D eigenvalue weighted by molar-refractivity contribution is 9.10. The summed E-state index contributed by atoms with van der Waals surface area (Å²) in [7, 11) is 0. The molecule has 2 aromatic rings. The van der Waals surface area contributed by atoms with Crippen LogP contribution in [0.25, 0.3) is 0 Å². The van der Waals surface area contributed by atoms with E-state index in [1.165, 1.54) is 6.21 Å². The van der Waals surface area contributed by atoms with E-state index in [2.05, 4.69) is 34.8 Å². The maximum atomic E-state index is 9.99. The lowest BCUT2D eigenvalue weighted by Crippen LogP contribution is -1.90. The number of aromatic hydroxyl groups is 2. The minimum absolute atomic E-state index is 0.0609. The van der Waals surface area contributed by atoms with Crippen LogP contribution in [0.4, 0.5) is 5.69 Å². The predicted molar refractivity (Wildman–Crippen MR) is 94.9 cm³/mol. The SMILES string of the molecule is CC[C@@H](C)c1ccc(O)c(N=Cc2cc(Cl)cc(Br)c2O)c1. The fourth-order valence-electron chi connectivity index (χ4n) is 2.01. The molecule has 0 spiro atoms. The lowest BCUT2D eigenvalue weighted by molar-refractivity contribution is 0.471. The summed E-state index contributed by atoms with van der Waals surface area (Å²) >= 11 is 9.20. The zero-order valence-electron chi connectivity index (χ0n) is 12.3. The van der Waals surface area contributed by atoms with Gasteiger partial charge in [0.2, 0.25) is 0 Å². The molecule has 0 unspecified atom stereocenters. The molecule has 0 aliphatic carbocycles. The Morgan fingerprint density at radius 2 is 2.00 bits per heavy atom. The molecule has 2 aromatic carbocycles. The maximum Gasteiger partial charge on any atom is 0.141 e. The van der Waals surface area contributed by atoms with Gasteiger partial charge in [-0.05, 0) is 58.1 Å². The Bertz CT molecular complexity index is 716. The number of phenols is 2. The molecule has 0 aliphatic rings. The summed E-state index contributed by atoms with van der Waals surface area (Å²) < 4.78 is 0.499. The third kappa shape index (κ3) is 3.81. The summed E-state index contributed by atoms with van der Waals surface area (Å²) in [6.45, 7) is 4.24. The minimum Gasteiger partial charge on any atom is -0.506 e. The van der Waals surface area contributed by atoms with Gasteiger partial charge >= 0.3 is 0 Å². The van der Waals surface area contributed by atoms with E-state index in [4.69, 9.17) is 11.6 Å². The maximum absolute atomic E-state index is 9.99. The first-order valence-corrected chi connectivity index (χ1v) is 8.14. The van der Waals surface area contributed by atoms with Gasteiger partial charge in [0.05, 0.1) is 4.47 Å². The molecule has 0 saturated heterocycles. The normalized spacial score (nSPS) is 12.7. The molecule has 2 N–H and O–H groups in total. The smallest absolute Gasteiger partial charge is 0.141 e. The van der Waals surface area contributed by atoms with Crippen molar-refractivity contribution in [1.82, 2.24) is 0 Å². The van der Waals surface area contributed by atoms with E-state index >= 15 is 0 Å². The molecule has 0 bridgehead atoms. The van der Waals surface area contributed by atoms with Gasteiger partial charge < -0.3 is 10.2 Å². The zero-order valence-corrected chi connectivity index (χ0v) is 14.7.